The molecule has 0 atom stereocenters. The van der Waals surface area contributed by atoms with E-state index < -0.39 is 0 Å². The number of benzene rings is 1. The van der Waals surface area contributed by atoms with Crippen LogP contribution in [-0.2, 0) is 0 Å². The van der Waals surface area contributed by atoms with Gasteiger partial charge in [0.15, 0.2) is 5.11 Å². The molecule has 104 valence electrons. The van der Waals surface area contributed by atoms with E-state index in [-0.39, 0.29) is 11.0 Å². The van der Waals surface area contributed by atoms with Gasteiger partial charge in [0.25, 0.3) is 5.91 Å². The molecule has 0 saturated heterocycles. The number of hydrogen-bond acceptors (Lipinski definition) is 3. The van der Waals surface area contributed by atoms with Crippen LogP contribution < -0.4 is 16.4 Å². The van der Waals surface area contributed by atoms with E-state index in [2.05, 4.69) is 15.5 Å². The molecule has 1 aromatic rings. The second kappa shape index (κ2) is 7.70. The van der Waals surface area contributed by atoms with Crippen LogP contribution in [0.4, 0.5) is 5.69 Å². The maximum Gasteiger partial charge on any atom is 0.253 e. The van der Waals surface area contributed by atoms with Gasteiger partial charge in [-0.1, -0.05) is 12.1 Å². The van der Waals surface area contributed by atoms with Crippen LogP contribution in [0.25, 0.3) is 0 Å². The van der Waals surface area contributed by atoms with Crippen LogP contribution in [0, 0.1) is 0 Å². The van der Waals surface area contributed by atoms with Crippen molar-refractivity contribution in [1.29, 1.82) is 0 Å². The van der Waals surface area contributed by atoms with Gasteiger partial charge in [0.1, 0.15) is 0 Å². The number of nitrogens with two attached hydrogens (primary N) is 1. The number of thiocarbonyl (C=S) groups is 1. The number of carbonyl (C=O) groups excluding carboxylic acids is 1. The highest BCUT2D eigenvalue weighted by Gasteiger charge is 2.10. The molecular weight excluding hydrogens is 260 g/mol. The number of anilines is 1. The first-order valence-corrected chi connectivity index (χ1v) is 6.50. The lowest BCUT2D eigenvalue weighted by atomic mass is 10.1. The van der Waals surface area contributed by atoms with Gasteiger partial charge >= 0.3 is 0 Å². The highest BCUT2D eigenvalue weighted by atomic mass is 32.1. The van der Waals surface area contributed by atoms with E-state index in [1.54, 1.807) is 18.2 Å². The highest BCUT2D eigenvalue weighted by Crippen LogP contribution is 2.14. The molecule has 1 rings (SSSR count). The number of amides is 1. The predicted octanol–water partition coefficient (Wildman–Crippen LogP) is 1.02. The molecule has 0 saturated carbocycles. The molecule has 0 aliphatic rings. The van der Waals surface area contributed by atoms with Crippen LogP contribution in [0.2, 0.25) is 0 Å². The van der Waals surface area contributed by atoms with Crippen LogP contribution in [0.15, 0.2) is 24.3 Å². The van der Waals surface area contributed by atoms with Crippen molar-refractivity contribution in [2.45, 2.75) is 6.42 Å². The van der Waals surface area contributed by atoms with E-state index >= 15 is 0 Å². The van der Waals surface area contributed by atoms with Crippen molar-refractivity contribution in [1.82, 2.24) is 10.2 Å². The zero-order chi connectivity index (χ0) is 14.3. The van der Waals surface area contributed by atoms with Crippen molar-refractivity contribution in [3.05, 3.63) is 29.8 Å². The van der Waals surface area contributed by atoms with Gasteiger partial charge in [-0.05, 0) is 51.4 Å². The predicted molar refractivity (Wildman–Crippen MR) is 82.4 cm³/mol. The summed E-state index contributed by atoms with van der Waals surface area (Å²) in [7, 11) is 4.01. The molecule has 1 aromatic carbocycles. The van der Waals surface area contributed by atoms with Crippen molar-refractivity contribution in [3.63, 3.8) is 0 Å². The number of carbonyl (C=O) groups is 1. The fourth-order valence-corrected chi connectivity index (χ4v) is 1.73. The van der Waals surface area contributed by atoms with Gasteiger partial charge in [-0.15, -0.1) is 0 Å². The van der Waals surface area contributed by atoms with Crippen LogP contribution in [-0.4, -0.2) is 43.1 Å². The molecule has 0 radical (unpaired) electrons. The lowest BCUT2D eigenvalue weighted by Gasteiger charge is -2.12. The first-order chi connectivity index (χ1) is 9.00. The van der Waals surface area contributed by atoms with Crippen LogP contribution in [0.1, 0.15) is 16.8 Å². The largest absolute Gasteiger partial charge is 0.376 e. The smallest absolute Gasteiger partial charge is 0.253 e. The van der Waals surface area contributed by atoms with Crippen LogP contribution >= 0.6 is 12.2 Å². The SMILES string of the molecule is CN(C)CCCNC(=O)c1ccccc1NC(N)=S. The number of para-hydroxylation sites is 1. The summed E-state index contributed by atoms with van der Waals surface area (Å²) in [4.78, 5) is 14.1. The van der Waals surface area contributed by atoms with E-state index in [4.69, 9.17) is 18.0 Å². The summed E-state index contributed by atoms with van der Waals surface area (Å²) in [6.45, 7) is 1.57. The van der Waals surface area contributed by atoms with Crippen LogP contribution in [0.5, 0.6) is 0 Å². The zero-order valence-electron chi connectivity index (χ0n) is 11.3. The Kier molecular flexibility index (Phi) is 6.24. The number of rotatable bonds is 6. The summed E-state index contributed by atoms with van der Waals surface area (Å²) >= 11 is 4.79. The van der Waals surface area contributed by atoms with Crippen molar-refractivity contribution in [2.24, 2.45) is 5.73 Å². The van der Waals surface area contributed by atoms with Gasteiger partial charge in [-0.25, -0.2) is 0 Å². The minimum absolute atomic E-state index is 0.127. The van der Waals surface area contributed by atoms with Gasteiger partial charge in [-0.3, -0.25) is 4.79 Å². The van der Waals surface area contributed by atoms with Crippen molar-refractivity contribution < 1.29 is 4.79 Å². The van der Waals surface area contributed by atoms with E-state index in [1.807, 2.05) is 20.2 Å². The molecule has 0 spiro atoms. The Bertz CT molecular complexity index is 448. The summed E-state index contributed by atoms with van der Waals surface area (Å²) in [6.07, 6.45) is 0.906. The molecule has 0 bridgehead atoms. The maximum absolute atomic E-state index is 12.0. The van der Waals surface area contributed by atoms with Gasteiger partial charge in [0.2, 0.25) is 0 Å². The van der Waals surface area contributed by atoms with Gasteiger partial charge in [-0.2, -0.15) is 0 Å². The molecular formula is C13H20N4OS. The van der Waals surface area contributed by atoms with Crippen LogP contribution in [0.3, 0.4) is 0 Å². The minimum Gasteiger partial charge on any atom is -0.376 e. The third-order valence-electron chi connectivity index (χ3n) is 2.50. The molecule has 5 nitrogen and oxygen atoms in total. The molecule has 0 aliphatic heterocycles. The molecule has 0 unspecified atom stereocenters. The first kappa shape index (κ1) is 15.4. The zero-order valence-corrected chi connectivity index (χ0v) is 12.1. The Morgan fingerprint density at radius 1 is 1.37 bits per heavy atom. The third-order valence-corrected chi connectivity index (χ3v) is 2.60. The second-order valence-electron chi connectivity index (χ2n) is 4.45. The fourth-order valence-electron chi connectivity index (χ4n) is 1.62. The Hall–Kier alpha value is -1.66. The molecule has 19 heavy (non-hydrogen) atoms. The molecule has 4 N–H and O–H groups in total. The number of nitrogens with one attached hydrogen (secondary N) is 2. The van der Waals surface area contributed by atoms with Gasteiger partial charge in [0.05, 0.1) is 11.3 Å². The normalized spacial score (nSPS) is 10.3. The summed E-state index contributed by atoms with van der Waals surface area (Å²) in [5.74, 6) is -0.127. The van der Waals surface area contributed by atoms with Crippen molar-refractivity contribution in [2.75, 3.05) is 32.5 Å². The molecule has 0 heterocycles. The Balaban J connectivity index is 2.58. The van der Waals surface area contributed by atoms with Crippen molar-refractivity contribution in [3.8, 4) is 0 Å². The van der Waals surface area contributed by atoms with E-state index in [9.17, 15) is 4.79 Å². The summed E-state index contributed by atoms with van der Waals surface area (Å²) in [5, 5.41) is 5.83. The average molecular weight is 280 g/mol. The minimum atomic E-state index is -0.127. The quantitative estimate of drug-likeness (QED) is 0.536. The Morgan fingerprint density at radius 2 is 2.05 bits per heavy atom. The average Bonchev–Trinajstić information content (AvgIpc) is 2.34. The van der Waals surface area contributed by atoms with Gasteiger partial charge < -0.3 is 21.3 Å². The monoisotopic (exact) mass is 280 g/mol. The van der Waals surface area contributed by atoms with E-state index in [1.165, 1.54) is 0 Å². The Morgan fingerprint density at radius 3 is 2.68 bits per heavy atom. The maximum atomic E-state index is 12.0. The van der Waals surface area contributed by atoms with E-state index in [0.717, 1.165) is 13.0 Å². The summed E-state index contributed by atoms with van der Waals surface area (Å²) in [6, 6.07) is 7.14. The van der Waals surface area contributed by atoms with Crippen molar-refractivity contribution >= 4 is 28.9 Å². The second-order valence-corrected chi connectivity index (χ2v) is 4.89. The standard InChI is InChI=1S/C13H20N4OS/c1-17(2)9-5-8-15-12(18)10-6-3-4-7-11(10)16-13(14)19/h3-4,6-7H,5,8-9H2,1-2H3,(H,15,18)(H3,14,16,19). The first-order valence-electron chi connectivity index (χ1n) is 6.09. The summed E-state index contributed by atoms with van der Waals surface area (Å²) in [5.41, 5.74) is 6.60. The fraction of sp³-hybridized carbons (Fsp3) is 0.385. The number of hydrogen-bond donors (Lipinski definition) is 3. The van der Waals surface area contributed by atoms with Gasteiger partial charge in [0, 0.05) is 6.54 Å². The Labute approximate surface area is 119 Å². The number of nitrogens with zero attached hydrogens (tertiary/aromatic N) is 1. The lowest BCUT2D eigenvalue weighted by molar-refractivity contribution is 0.0953. The highest BCUT2D eigenvalue weighted by molar-refractivity contribution is 7.80. The lowest BCUT2D eigenvalue weighted by Crippen LogP contribution is -2.28. The van der Waals surface area contributed by atoms with E-state index in [0.29, 0.717) is 17.8 Å². The molecule has 0 aromatic heterocycles. The molecule has 0 aliphatic carbocycles. The summed E-state index contributed by atoms with van der Waals surface area (Å²) < 4.78 is 0. The topological polar surface area (TPSA) is 70.4 Å². The third kappa shape index (κ3) is 5.67. The molecule has 6 heteroatoms. The molecule has 1 amide bonds. The molecule has 0 fully saturated rings.